The summed E-state index contributed by atoms with van der Waals surface area (Å²) >= 11 is 0. The molecule has 4 aliphatic rings. The third-order valence-corrected chi connectivity index (χ3v) is 8.03. The van der Waals surface area contributed by atoms with E-state index in [-0.39, 0.29) is 29.2 Å². The van der Waals surface area contributed by atoms with Crippen LogP contribution in [0.25, 0.3) is 0 Å². The van der Waals surface area contributed by atoms with Crippen LogP contribution in [-0.2, 0) is 19.1 Å². The molecule has 0 radical (unpaired) electrons. The number of ether oxygens (including phenoxy) is 1. The van der Waals surface area contributed by atoms with Gasteiger partial charge in [-0.15, -0.1) is 0 Å². The Morgan fingerprint density at radius 2 is 1.88 bits per heavy atom. The molecule has 4 nitrogen and oxygen atoms in total. The van der Waals surface area contributed by atoms with Gasteiger partial charge in [0, 0.05) is 24.2 Å². The Balaban J connectivity index is 1.70. The van der Waals surface area contributed by atoms with Crippen LogP contribution in [0.4, 0.5) is 0 Å². The Morgan fingerprint density at radius 3 is 2.62 bits per heavy atom. The summed E-state index contributed by atoms with van der Waals surface area (Å²) in [6.45, 7) is 6.01. The van der Waals surface area contributed by atoms with Crippen LogP contribution in [-0.4, -0.2) is 24.1 Å². The summed E-state index contributed by atoms with van der Waals surface area (Å²) in [5.74, 6) is 1.53. The van der Waals surface area contributed by atoms with Gasteiger partial charge in [-0.1, -0.05) is 19.4 Å². The van der Waals surface area contributed by atoms with Gasteiger partial charge in [-0.25, -0.2) is 0 Å². The maximum atomic E-state index is 12.5. The Labute approximate surface area is 155 Å². The molecule has 0 bridgehead atoms. The number of hydrogen-bond acceptors (Lipinski definition) is 4. The third-order valence-electron chi connectivity index (χ3n) is 8.03. The van der Waals surface area contributed by atoms with Crippen molar-refractivity contribution in [2.24, 2.45) is 28.6 Å². The topological polar surface area (TPSA) is 60.4 Å². The van der Waals surface area contributed by atoms with Gasteiger partial charge in [0.05, 0.1) is 0 Å². The average molecular weight is 356 g/mol. The van der Waals surface area contributed by atoms with Gasteiger partial charge in [0.15, 0.2) is 5.78 Å². The van der Waals surface area contributed by atoms with Gasteiger partial charge in [-0.05, 0) is 67.6 Å². The lowest BCUT2D eigenvalue weighted by molar-refractivity contribution is -0.141. The van der Waals surface area contributed by atoms with Crippen molar-refractivity contribution < 1.29 is 19.1 Å². The molecule has 4 rings (SSSR count). The normalized spacial score (nSPS) is 41.6. The molecule has 4 heteroatoms. The van der Waals surface area contributed by atoms with Crippen LogP contribution in [0, 0.1) is 28.6 Å². The van der Waals surface area contributed by atoms with Crippen molar-refractivity contribution in [3.8, 4) is 0 Å². The minimum Gasteiger partial charge on any atom is -0.461 e. The standard InChI is InChI=1S/C22H28O4/c1-13(23)26-12-15-11-16(24)10-14-4-5-17-18-6-7-20(25)21(18,2)9-8-19(17)22(14,15)3/h10-11,17-19H,4-9,12H2,1-3H3/t17-,18-,19-,21-,22+/m0/s1. The van der Waals surface area contributed by atoms with Gasteiger partial charge in [0.25, 0.3) is 0 Å². The molecule has 5 atom stereocenters. The highest BCUT2D eigenvalue weighted by Gasteiger charge is 2.59. The van der Waals surface area contributed by atoms with Crippen LogP contribution in [0.5, 0.6) is 0 Å². The molecule has 0 aromatic heterocycles. The lowest BCUT2D eigenvalue weighted by atomic mass is 9.47. The van der Waals surface area contributed by atoms with E-state index in [9.17, 15) is 14.4 Å². The molecule has 26 heavy (non-hydrogen) atoms. The summed E-state index contributed by atoms with van der Waals surface area (Å²) in [5, 5.41) is 0. The van der Waals surface area contributed by atoms with E-state index < -0.39 is 0 Å². The van der Waals surface area contributed by atoms with Gasteiger partial charge in [-0.3, -0.25) is 14.4 Å². The molecule has 0 heterocycles. The zero-order valence-corrected chi connectivity index (χ0v) is 16.0. The van der Waals surface area contributed by atoms with Crippen LogP contribution in [0.1, 0.15) is 59.3 Å². The van der Waals surface area contributed by atoms with Crippen LogP contribution >= 0.6 is 0 Å². The number of hydrogen-bond donors (Lipinski definition) is 0. The van der Waals surface area contributed by atoms with Crippen LogP contribution in [0.2, 0.25) is 0 Å². The second-order valence-corrected chi connectivity index (χ2v) is 9.06. The molecule has 0 aromatic rings. The van der Waals surface area contributed by atoms with E-state index in [2.05, 4.69) is 13.8 Å². The fraction of sp³-hybridized carbons (Fsp3) is 0.682. The molecule has 3 saturated carbocycles. The van der Waals surface area contributed by atoms with Crippen LogP contribution in [0.3, 0.4) is 0 Å². The smallest absolute Gasteiger partial charge is 0.302 e. The maximum Gasteiger partial charge on any atom is 0.302 e. The van der Waals surface area contributed by atoms with E-state index in [1.807, 2.05) is 0 Å². The summed E-state index contributed by atoms with van der Waals surface area (Å²) in [5.41, 5.74) is 1.77. The van der Waals surface area contributed by atoms with Gasteiger partial charge < -0.3 is 4.74 Å². The summed E-state index contributed by atoms with van der Waals surface area (Å²) in [6, 6.07) is 0. The van der Waals surface area contributed by atoms with Gasteiger partial charge in [0.1, 0.15) is 12.4 Å². The molecule has 4 aliphatic carbocycles. The fourth-order valence-corrected chi connectivity index (χ4v) is 6.57. The fourth-order valence-electron chi connectivity index (χ4n) is 6.57. The van der Waals surface area contributed by atoms with Crippen molar-refractivity contribution in [2.45, 2.75) is 59.3 Å². The number of ketones is 2. The number of fused-ring (bicyclic) bond motifs is 5. The number of carbonyl (C=O) groups is 3. The van der Waals surface area contributed by atoms with Gasteiger partial charge in [0.2, 0.25) is 0 Å². The first-order valence-corrected chi connectivity index (χ1v) is 9.89. The van der Waals surface area contributed by atoms with Crippen molar-refractivity contribution in [3.63, 3.8) is 0 Å². The van der Waals surface area contributed by atoms with Crippen molar-refractivity contribution in [2.75, 3.05) is 6.61 Å². The molecular weight excluding hydrogens is 328 g/mol. The molecule has 0 unspecified atom stereocenters. The highest BCUT2D eigenvalue weighted by Crippen LogP contribution is 2.64. The second-order valence-electron chi connectivity index (χ2n) is 9.06. The Kier molecular flexibility index (Phi) is 4.01. The summed E-state index contributed by atoms with van der Waals surface area (Å²) in [7, 11) is 0. The summed E-state index contributed by atoms with van der Waals surface area (Å²) in [6.07, 6.45) is 9.13. The molecule has 0 aliphatic heterocycles. The number of rotatable bonds is 2. The van der Waals surface area contributed by atoms with E-state index in [1.54, 1.807) is 12.2 Å². The molecule has 0 spiro atoms. The van der Waals surface area contributed by atoms with Gasteiger partial charge >= 0.3 is 5.97 Å². The first kappa shape index (κ1) is 17.7. The first-order chi connectivity index (χ1) is 12.3. The first-order valence-electron chi connectivity index (χ1n) is 9.89. The van der Waals surface area contributed by atoms with E-state index in [0.29, 0.717) is 23.5 Å². The van der Waals surface area contributed by atoms with Crippen LogP contribution < -0.4 is 0 Å². The summed E-state index contributed by atoms with van der Waals surface area (Å²) < 4.78 is 5.31. The molecule has 140 valence electrons. The molecule has 3 fully saturated rings. The van der Waals surface area contributed by atoms with E-state index in [0.717, 1.165) is 44.1 Å². The number of Topliss-reactive ketones (excluding diaryl/α,β-unsaturated/α-hetero) is 1. The van der Waals surface area contributed by atoms with Crippen molar-refractivity contribution in [1.29, 1.82) is 0 Å². The Bertz CT molecular complexity index is 745. The highest BCUT2D eigenvalue weighted by molar-refractivity contribution is 6.02. The quantitative estimate of drug-likeness (QED) is 0.706. The zero-order chi connectivity index (χ0) is 18.7. The van der Waals surface area contributed by atoms with Gasteiger partial charge in [-0.2, -0.15) is 0 Å². The second kappa shape index (κ2) is 5.90. The SMILES string of the molecule is CC(=O)OCC1=CC(=O)C=C2CC[C@@H]3[C@H](CC[C@]4(C)C(=O)CC[C@@H]34)[C@]21C. The van der Waals surface area contributed by atoms with E-state index in [4.69, 9.17) is 4.74 Å². The molecule has 0 amide bonds. The number of esters is 1. The van der Waals surface area contributed by atoms with E-state index in [1.165, 1.54) is 12.5 Å². The number of carbonyl (C=O) groups excluding carboxylic acids is 3. The van der Waals surface area contributed by atoms with Crippen molar-refractivity contribution in [3.05, 3.63) is 23.3 Å². The largest absolute Gasteiger partial charge is 0.461 e. The predicted molar refractivity (Wildman–Crippen MR) is 97.2 cm³/mol. The minimum atomic E-state index is -0.317. The third kappa shape index (κ3) is 2.37. The van der Waals surface area contributed by atoms with Crippen molar-refractivity contribution in [1.82, 2.24) is 0 Å². The number of allylic oxidation sites excluding steroid dienone is 3. The average Bonchev–Trinajstić information content (AvgIpc) is 2.89. The highest BCUT2D eigenvalue weighted by atomic mass is 16.5. The lowest BCUT2D eigenvalue weighted by Crippen LogP contribution is -2.51. The summed E-state index contributed by atoms with van der Waals surface area (Å²) in [4.78, 5) is 36.1. The maximum absolute atomic E-state index is 12.5. The Morgan fingerprint density at radius 1 is 1.12 bits per heavy atom. The zero-order valence-electron chi connectivity index (χ0n) is 16.0. The minimum absolute atomic E-state index is 0.00905. The Hall–Kier alpha value is -1.71. The molecular formula is C22H28O4. The molecule has 0 aromatic carbocycles. The lowest BCUT2D eigenvalue weighted by Gasteiger charge is -2.57. The monoisotopic (exact) mass is 356 g/mol. The predicted octanol–water partition coefficient (Wildman–Crippen LogP) is 3.80. The van der Waals surface area contributed by atoms with Crippen LogP contribution in [0.15, 0.2) is 23.3 Å². The molecule has 0 saturated heterocycles. The molecule has 0 N–H and O–H groups in total. The van der Waals surface area contributed by atoms with Crippen molar-refractivity contribution >= 4 is 17.5 Å². The van der Waals surface area contributed by atoms with E-state index >= 15 is 0 Å².